The van der Waals surface area contributed by atoms with Crippen LogP contribution in [-0.2, 0) is 4.79 Å². The van der Waals surface area contributed by atoms with Crippen molar-refractivity contribution in [3.8, 4) is 0 Å². The molecule has 1 saturated heterocycles. The van der Waals surface area contributed by atoms with Crippen molar-refractivity contribution in [3.05, 3.63) is 22.8 Å². The molecule has 1 aliphatic rings. The number of anilines is 1. The maximum atomic E-state index is 12.0. The number of nitrogens with one attached hydrogen (secondary N) is 3. The summed E-state index contributed by atoms with van der Waals surface area (Å²) < 4.78 is 0.634. The van der Waals surface area contributed by atoms with Crippen molar-refractivity contribution in [2.24, 2.45) is 0 Å². The minimum Gasteiger partial charge on any atom is -0.465 e. The van der Waals surface area contributed by atoms with Crippen LogP contribution in [0.2, 0.25) is 0 Å². The van der Waals surface area contributed by atoms with Gasteiger partial charge in [0.1, 0.15) is 10.4 Å². The van der Waals surface area contributed by atoms with Crippen molar-refractivity contribution in [1.82, 2.24) is 15.6 Å². The van der Waals surface area contributed by atoms with Crippen molar-refractivity contribution >= 4 is 33.7 Å². The molecule has 2 atom stereocenters. The van der Waals surface area contributed by atoms with E-state index in [4.69, 9.17) is 5.11 Å². The summed E-state index contributed by atoms with van der Waals surface area (Å²) in [4.78, 5) is 26.6. The SMILES string of the molecule is O=C(O)N[C@H]1CN[C@H](C(=O)Nc2cccc(Br)n2)C1. The lowest BCUT2D eigenvalue weighted by atomic mass is 10.1. The molecule has 8 heteroatoms. The molecule has 0 radical (unpaired) electrons. The second kappa shape index (κ2) is 5.98. The Hall–Kier alpha value is -1.67. The van der Waals surface area contributed by atoms with Crippen molar-refractivity contribution in [2.75, 3.05) is 11.9 Å². The lowest BCUT2D eigenvalue weighted by Crippen LogP contribution is -2.35. The standard InChI is InChI=1S/C11H13BrN4O3/c12-8-2-1-3-9(15-8)16-10(17)7-4-6(5-13-7)14-11(18)19/h1-3,6-7,13-14H,4-5H2,(H,18,19)(H,15,16,17)/t6-,7+/m1/s1. The normalized spacial score (nSPS) is 21.9. The predicted molar refractivity (Wildman–Crippen MR) is 71.9 cm³/mol. The van der Waals surface area contributed by atoms with Crippen molar-refractivity contribution in [3.63, 3.8) is 0 Å². The molecule has 0 spiro atoms. The molecule has 0 aliphatic carbocycles. The molecule has 2 rings (SSSR count). The van der Waals surface area contributed by atoms with Gasteiger partial charge in [0, 0.05) is 12.6 Å². The lowest BCUT2D eigenvalue weighted by molar-refractivity contribution is -0.117. The van der Waals surface area contributed by atoms with Gasteiger partial charge in [-0.25, -0.2) is 9.78 Å². The van der Waals surface area contributed by atoms with Crippen LogP contribution in [-0.4, -0.2) is 40.7 Å². The van der Waals surface area contributed by atoms with Gasteiger partial charge in [-0.15, -0.1) is 0 Å². The van der Waals surface area contributed by atoms with Crippen LogP contribution < -0.4 is 16.0 Å². The van der Waals surface area contributed by atoms with Crippen LogP contribution in [0.5, 0.6) is 0 Å². The summed E-state index contributed by atoms with van der Waals surface area (Å²) in [5.41, 5.74) is 0. The number of amides is 2. The summed E-state index contributed by atoms with van der Waals surface area (Å²) in [6.07, 6.45) is -0.659. The van der Waals surface area contributed by atoms with Gasteiger partial charge in [0.25, 0.3) is 0 Å². The monoisotopic (exact) mass is 328 g/mol. The average Bonchev–Trinajstić information content (AvgIpc) is 2.76. The predicted octanol–water partition coefficient (Wildman–Crippen LogP) is 0.781. The van der Waals surface area contributed by atoms with E-state index in [1.54, 1.807) is 18.2 Å². The molecule has 0 aromatic carbocycles. The summed E-state index contributed by atoms with van der Waals surface area (Å²) in [7, 11) is 0. The van der Waals surface area contributed by atoms with Gasteiger partial charge >= 0.3 is 6.09 Å². The first-order chi connectivity index (χ1) is 9.04. The zero-order valence-electron chi connectivity index (χ0n) is 9.89. The van der Waals surface area contributed by atoms with Crippen LogP contribution >= 0.6 is 15.9 Å². The average molecular weight is 329 g/mol. The molecule has 19 heavy (non-hydrogen) atoms. The second-order valence-corrected chi connectivity index (χ2v) is 4.99. The van der Waals surface area contributed by atoms with Gasteiger partial charge in [0.15, 0.2) is 0 Å². The molecular formula is C11H13BrN4O3. The number of nitrogens with zero attached hydrogens (tertiary/aromatic N) is 1. The molecule has 2 heterocycles. The first kappa shape index (κ1) is 13.8. The van der Waals surface area contributed by atoms with Gasteiger partial charge in [-0.1, -0.05) is 6.07 Å². The lowest BCUT2D eigenvalue weighted by Gasteiger charge is -2.11. The zero-order valence-corrected chi connectivity index (χ0v) is 11.5. The molecule has 7 nitrogen and oxygen atoms in total. The maximum absolute atomic E-state index is 12.0. The Morgan fingerprint density at radius 2 is 2.26 bits per heavy atom. The van der Waals surface area contributed by atoms with Gasteiger partial charge in [-0.2, -0.15) is 0 Å². The Morgan fingerprint density at radius 1 is 1.47 bits per heavy atom. The molecule has 1 aliphatic heterocycles. The van der Waals surface area contributed by atoms with E-state index < -0.39 is 12.1 Å². The third-order valence-corrected chi connectivity index (χ3v) is 3.18. The van der Waals surface area contributed by atoms with Crippen molar-refractivity contribution < 1.29 is 14.7 Å². The summed E-state index contributed by atoms with van der Waals surface area (Å²) in [6, 6.07) is 4.55. The number of carbonyl (C=O) groups excluding carboxylic acids is 1. The van der Waals surface area contributed by atoms with E-state index in [1.807, 2.05) is 0 Å². The minimum atomic E-state index is -1.08. The van der Waals surface area contributed by atoms with E-state index in [1.165, 1.54) is 0 Å². The number of aromatic nitrogens is 1. The van der Waals surface area contributed by atoms with Crippen LogP contribution in [0, 0.1) is 0 Å². The maximum Gasteiger partial charge on any atom is 0.404 e. The Bertz CT molecular complexity index is 497. The molecule has 0 unspecified atom stereocenters. The Labute approximate surface area is 117 Å². The molecule has 102 valence electrons. The molecule has 1 aromatic heterocycles. The number of carboxylic acid groups (broad SMARTS) is 1. The smallest absolute Gasteiger partial charge is 0.404 e. The number of rotatable bonds is 3. The molecule has 2 amide bonds. The van der Waals surface area contributed by atoms with Crippen molar-refractivity contribution in [2.45, 2.75) is 18.5 Å². The zero-order chi connectivity index (χ0) is 13.8. The highest BCUT2D eigenvalue weighted by Gasteiger charge is 2.30. The van der Waals surface area contributed by atoms with Gasteiger partial charge < -0.3 is 21.1 Å². The third-order valence-electron chi connectivity index (χ3n) is 2.74. The largest absolute Gasteiger partial charge is 0.465 e. The fourth-order valence-corrected chi connectivity index (χ4v) is 2.25. The summed E-state index contributed by atoms with van der Waals surface area (Å²) in [5, 5.41) is 16.6. The van der Waals surface area contributed by atoms with Crippen molar-refractivity contribution in [1.29, 1.82) is 0 Å². The fraction of sp³-hybridized carbons (Fsp3) is 0.364. The van der Waals surface area contributed by atoms with Gasteiger partial charge in [0.05, 0.1) is 6.04 Å². The second-order valence-electron chi connectivity index (χ2n) is 4.18. The molecule has 0 saturated carbocycles. The quantitative estimate of drug-likeness (QED) is 0.614. The number of halogens is 1. The Balaban J connectivity index is 1.89. The first-order valence-corrected chi connectivity index (χ1v) is 6.50. The molecule has 1 aromatic rings. The number of pyridine rings is 1. The van der Waals surface area contributed by atoms with Gasteiger partial charge in [0.2, 0.25) is 5.91 Å². The molecule has 1 fully saturated rings. The Morgan fingerprint density at radius 3 is 2.95 bits per heavy atom. The summed E-state index contributed by atoms with van der Waals surface area (Å²) in [6.45, 7) is 0.441. The molecule has 4 N–H and O–H groups in total. The Kier molecular flexibility index (Phi) is 4.33. The molecule has 0 bridgehead atoms. The third kappa shape index (κ3) is 3.90. The van der Waals surface area contributed by atoms with Crippen LogP contribution in [0.25, 0.3) is 0 Å². The highest BCUT2D eigenvalue weighted by Crippen LogP contribution is 2.12. The number of hydrogen-bond donors (Lipinski definition) is 4. The summed E-state index contributed by atoms with van der Waals surface area (Å²) in [5.74, 6) is 0.233. The number of carbonyl (C=O) groups is 2. The van der Waals surface area contributed by atoms with Gasteiger partial charge in [-0.05, 0) is 34.5 Å². The highest BCUT2D eigenvalue weighted by molar-refractivity contribution is 9.10. The first-order valence-electron chi connectivity index (χ1n) is 5.71. The fourth-order valence-electron chi connectivity index (χ4n) is 1.91. The minimum absolute atomic E-state index is 0.222. The summed E-state index contributed by atoms with van der Waals surface area (Å²) >= 11 is 3.22. The highest BCUT2D eigenvalue weighted by atomic mass is 79.9. The number of hydrogen-bond acceptors (Lipinski definition) is 4. The van der Waals surface area contributed by atoms with E-state index in [0.717, 1.165) is 0 Å². The van der Waals surface area contributed by atoms with Gasteiger partial charge in [-0.3, -0.25) is 4.79 Å². The van der Waals surface area contributed by atoms with Crippen LogP contribution in [0.4, 0.5) is 10.6 Å². The van der Waals surface area contributed by atoms with E-state index in [9.17, 15) is 9.59 Å². The molecular weight excluding hydrogens is 316 g/mol. The van der Waals surface area contributed by atoms with E-state index in [2.05, 4.69) is 36.9 Å². The van der Waals surface area contributed by atoms with Crippen LogP contribution in [0.15, 0.2) is 22.8 Å². The van der Waals surface area contributed by atoms with Crippen LogP contribution in [0.3, 0.4) is 0 Å². The van der Waals surface area contributed by atoms with E-state index in [-0.39, 0.29) is 11.9 Å². The topological polar surface area (TPSA) is 103 Å². The van der Waals surface area contributed by atoms with E-state index in [0.29, 0.717) is 23.4 Å². The van der Waals surface area contributed by atoms with Crippen LogP contribution in [0.1, 0.15) is 6.42 Å². The van der Waals surface area contributed by atoms with E-state index >= 15 is 0 Å².